The third kappa shape index (κ3) is 4.74. The number of nitrogen functional groups attached to an aromatic ring is 2. The molecule has 0 saturated heterocycles. The second-order valence-electron chi connectivity index (χ2n) is 6.43. The third-order valence-electron chi connectivity index (χ3n) is 4.07. The summed E-state index contributed by atoms with van der Waals surface area (Å²) >= 11 is 0. The van der Waals surface area contributed by atoms with E-state index in [-0.39, 0.29) is 29.7 Å². The second kappa shape index (κ2) is 7.58. The van der Waals surface area contributed by atoms with Crippen LogP contribution < -0.4 is 27.0 Å². The molecule has 0 radical (unpaired) electrons. The molecule has 8 N–H and O–H groups in total. The predicted molar refractivity (Wildman–Crippen MR) is 110 cm³/mol. The summed E-state index contributed by atoms with van der Waals surface area (Å²) in [7, 11) is -4.36. The summed E-state index contributed by atoms with van der Waals surface area (Å²) in [5.41, 5.74) is 14.2. The van der Waals surface area contributed by atoms with Crippen molar-refractivity contribution in [2.75, 3.05) is 21.2 Å². The molecule has 12 heteroatoms. The maximum absolute atomic E-state index is 11.0. The lowest BCUT2D eigenvalue weighted by atomic mass is 10.1. The maximum Gasteiger partial charge on any atom is 0.357 e. The van der Waals surface area contributed by atoms with Crippen LogP contribution in [0.3, 0.4) is 0 Å². The van der Waals surface area contributed by atoms with Crippen LogP contribution in [0.4, 0.5) is 23.1 Å². The summed E-state index contributed by atoms with van der Waals surface area (Å²) in [6.07, 6.45) is 0. The lowest BCUT2D eigenvalue weighted by molar-refractivity contribution is 0.489. The van der Waals surface area contributed by atoms with E-state index in [0.717, 1.165) is 5.56 Å². The van der Waals surface area contributed by atoms with Crippen molar-refractivity contribution in [1.82, 2.24) is 9.97 Å². The van der Waals surface area contributed by atoms with Gasteiger partial charge in [-0.1, -0.05) is 12.1 Å². The third-order valence-corrected chi connectivity index (χ3v) is 4.55. The van der Waals surface area contributed by atoms with Crippen molar-refractivity contribution in [2.45, 2.75) is 20.4 Å². The Morgan fingerprint density at radius 2 is 1.90 bits per heavy atom. The van der Waals surface area contributed by atoms with Crippen LogP contribution in [0.2, 0.25) is 0 Å². The maximum atomic E-state index is 11.0. The first-order valence-electron chi connectivity index (χ1n) is 8.40. The number of benzene rings is 1. The first kappa shape index (κ1) is 20.4. The van der Waals surface area contributed by atoms with E-state index in [0.29, 0.717) is 22.8 Å². The largest absolute Gasteiger partial charge is 0.460 e. The number of nitrogens with one attached hydrogen (secondary N) is 1. The minimum Gasteiger partial charge on any atom is -0.460 e. The molecule has 2 aromatic heterocycles. The Labute approximate surface area is 167 Å². The molecule has 0 spiro atoms. The number of hydrogen-bond acceptors (Lipinski definition) is 9. The van der Waals surface area contributed by atoms with Gasteiger partial charge < -0.3 is 15.9 Å². The zero-order valence-electron chi connectivity index (χ0n) is 15.7. The summed E-state index contributed by atoms with van der Waals surface area (Å²) in [5.74, 6) is 7.51. The topological polar surface area (TPSA) is 187 Å². The SMILES string of the molecule is Cc1ccc(-c2nc(N)nc(N(N)Cc3ccc(NS(=O)(=O)O)c(C)c3)c2N)o1. The molecular weight excluding hydrogens is 398 g/mol. The number of rotatable bonds is 6. The van der Waals surface area contributed by atoms with Crippen LogP contribution in [0.25, 0.3) is 11.5 Å². The lowest BCUT2D eigenvalue weighted by Gasteiger charge is -2.21. The van der Waals surface area contributed by atoms with Gasteiger partial charge in [-0.3, -0.25) is 14.3 Å². The second-order valence-corrected chi connectivity index (χ2v) is 7.59. The molecule has 0 amide bonds. The van der Waals surface area contributed by atoms with Crippen molar-refractivity contribution >= 4 is 33.4 Å². The number of hydrazine groups is 1. The van der Waals surface area contributed by atoms with Crippen LogP contribution in [0.15, 0.2) is 34.7 Å². The molecule has 0 unspecified atom stereocenters. The molecule has 0 fully saturated rings. The Bertz CT molecular complexity index is 1160. The smallest absolute Gasteiger partial charge is 0.357 e. The first-order chi connectivity index (χ1) is 13.5. The minimum atomic E-state index is -4.36. The number of nitrogens with zero attached hydrogens (tertiary/aromatic N) is 3. The Hall–Kier alpha value is -3.35. The quantitative estimate of drug-likeness (QED) is 0.223. The van der Waals surface area contributed by atoms with Gasteiger partial charge in [0.1, 0.15) is 17.1 Å². The zero-order chi connectivity index (χ0) is 21.3. The van der Waals surface area contributed by atoms with Gasteiger partial charge in [-0.15, -0.1) is 0 Å². The molecule has 154 valence electrons. The van der Waals surface area contributed by atoms with Gasteiger partial charge in [0.25, 0.3) is 0 Å². The number of aromatic nitrogens is 2. The van der Waals surface area contributed by atoms with Crippen LogP contribution in [-0.4, -0.2) is 22.9 Å². The minimum absolute atomic E-state index is 0.0161. The van der Waals surface area contributed by atoms with Crippen molar-refractivity contribution in [2.24, 2.45) is 5.84 Å². The molecule has 1 aromatic carbocycles. The summed E-state index contributed by atoms with van der Waals surface area (Å²) in [6, 6.07) is 8.38. The Morgan fingerprint density at radius 1 is 1.17 bits per heavy atom. The molecule has 0 saturated carbocycles. The van der Waals surface area contributed by atoms with E-state index < -0.39 is 10.3 Å². The van der Waals surface area contributed by atoms with Crippen molar-refractivity contribution in [1.29, 1.82) is 0 Å². The summed E-state index contributed by atoms with van der Waals surface area (Å²) in [5, 5.41) is 1.30. The molecule has 11 nitrogen and oxygen atoms in total. The Balaban J connectivity index is 1.89. The number of anilines is 4. The molecule has 0 aliphatic carbocycles. The van der Waals surface area contributed by atoms with E-state index in [4.69, 9.17) is 26.3 Å². The Kier molecular flexibility index (Phi) is 5.33. The highest BCUT2D eigenvalue weighted by Crippen LogP contribution is 2.32. The average molecular weight is 419 g/mol. The number of aryl methyl sites for hydroxylation is 2. The summed E-state index contributed by atoms with van der Waals surface area (Å²) in [4.78, 5) is 8.27. The van der Waals surface area contributed by atoms with Crippen LogP contribution in [0.5, 0.6) is 0 Å². The predicted octanol–water partition coefficient (Wildman–Crippen LogP) is 1.61. The van der Waals surface area contributed by atoms with Gasteiger partial charge in [0, 0.05) is 0 Å². The highest BCUT2D eigenvalue weighted by atomic mass is 32.2. The van der Waals surface area contributed by atoms with Gasteiger partial charge >= 0.3 is 10.3 Å². The van der Waals surface area contributed by atoms with Crippen LogP contribution >= 0.6 is 0 Å². The van der Waals surface area contributed by atoms with E-state index in [1.54, 1.807) is 38.1 Å². The average Bonchev–Trinajstić information content (AvgIpc) is 3.04. The lowest BCUT2D eigenvalue weighted by Crippen LogP contribution is -2.32. The van der Waals surface area contributed by atoms with Gasteiger partial charge in [0.05, 0.1) is 12.2 Å². The van der Waals surface area contributed by atoms with Gasteiger partial charge in [0.15, 0.2) is 11.6 Å². The fourth-order valence-corrected chi connectivity index (χ4v) is 3.30. The van der Waals surface area contributed by atoms with Gasteiger partial charge in [-0.2, -0.15) is 13.4 Å². The molecular formula is C17H21N7O4S. The molecule has 0 atom stereocenters. The van der Waals surface area contributed by atoms with Crippen LogP contribution in [0.1, 0.15) is 16.9 Å². The fraction of sp³-hybridized carbons (Fsp3) is 0.176. The van der Waals surface area contributed by atoms with Crippen LogP contribution in [-0.2, 0) is 16.8 Å². The monoisotopic (exact) mass is 419 g/mol. The number of hydrogen-bond donors (Lipinski definition) is 5. The number of nitrogens with two attached hydrogens (primary N) is 3. The van der Waals surface area contributed by atoms with Gasteiger partial charge in [-0.05, 0) is 43.2 Å². The zero-order valence-corrected chi connectivity index (χ0v) is 16.6. The van der Waals surface area contributed by atoms with E-state index in [9.17, 15) is 8.42 Å². The van der Waals surface area contributed by atoms with Crippen molar-refractivity contribution in [3.63, 3.8) is 0 Å². The van der Waals surface area contributed by atoms with E-state index in [2.05, 4.69) is 9.97 Å². The van der Waals surface area contributed by atoms with Crippen LogP contribution in [0, 0.1) is 13.8 Å². The van der Waals surface area contributed by atoms with E-state index in [1.807, 2.05) is 4.72 Å². The van der Waals surface area contributed by atoms with Crippen molar-refractivity contribution in [3.8, 4) is 11.5 Å². The first-order valence-corrected chi connectivity index (χ1v) is 9.84. The normalized spacial score (nSPS) is 11.4. The fourth-order valence-electron chi connectivity index (χ4n) is 2.79. The van der Waals surface area contributed by atoms with E-state index in [1.165, 1.54) is 11.1 Å². The highest BCUT2D eigenvalue weighted by Gasteiger charge is 2.19. The molecule has 0 aliphatic rings. The standard InChI is InChI=1S/C17H21N7O4S/c1-9-7-11(4-5-12(9)23-29(25,26)27)8-24(20)16-14(18)15(21-17(19)22-16)13-6-3-10(2)28-13/h3-7,23H,8,18,20H2,1-2H3,(H2,19,21,22)(H,25,26,27). The molecule has 3 rings (SSSR count). The Morgan fingerprint density at radius 3 is 2.48 bits per heavy atom. The summed E-state index contributed by atoms with van der Waals surface area (Å²) < 4.78 is 38.5. The molecule has 29 heavy (non-hydrogen) atoms. The molecule has 2 heterocycles. The summed E-state index contributed by atoms with van der Waals surface area (Å²) in [6.45, 7) is 3.68. The van der Waals surface area contributed by atoms with Crippen molar-refractivity contribution < 1.29 is 17.4 Å². The van der Waals surface area contributed by atoms with Gasteiger partial charge in [-0.25, -0.2) is 10.8 Å². The molecule has 3 aromatic rings. The van der Waals surface area contributed by atoms with Gasteiger partial charge in [0.2, 0.25) is 5.95 Å². The number of furan rings is 1. The molecule has 0 aliphatic heterocycles. The van der Waals surface area contributed by atoms with Crippen molar-refractivity contribution in [3.05, 3.63) is 47.2 Å². The molecule has 0 bridgehead atoms. The highest BCUT2D eigenvalue weighted by molar-refractivity contribution is 7.87. The van der Waals surface area contributed by atoms with E-state index >= 15 is 0 Å².